The molecular formula is C12H12CoN4O4. The Bertz CT molecular complexity index is 513. The minimum Gasteiger partial charge on any atom is -0.648 e. The van der Waals surface area contributed by atoms with Crippen LogP contribution in [0.3, 0.4) is 0 Å². The summed E-state index contributed by atoms with van der Waals surface area (Å²) < 4.78 is 0. The number of anilines is 2. The summed E-state index contributed by atoms with van der Waals surface area (Å²) >= 11 is 0. The Kier molecular flexibility index (Phi) is 7.72. The Morgan fingerprint density at radius 3 is 1.43 bits per heavy atom. The molecular weight excluding hydrogens is 323 g/mol. The van der Waals surface area contributed by atoms with Gasteiger partial charge in [-0.05, 0) is 12.1 Å². The third kappa shape index (κ3) is 5.24. The van der Waals surface area contributed by atoms with Gasteiger partial charge in [0.05, 0.1) is 11.4 Å². The molecule has 0 unspecified atom stereocenters. The summed E-state index contributed by atoms with van der Waals surface area (Å²) in [4.78, 5) is 45.0. The van der Waals surface area contributed by atoms with Crippen molar-refractivity contribution < 1.29 is 36.0 Å². The van der Waals surface area contributed by atoms with Crippen LogP contribution in [-0.4, -0.2) is 37.7 Å². The van der Waals surface area contributed by atoms with E-state index in [2.05, 4.69) is 21.3 Å². The SMILES string of the molecule is C[N-]C(=O)C(=O)Nc1ccccc1NC(=O)C(=O)[N-]C.[Co+2]. The monoisotopic (exact) mass is 335 g/mol. The second-order valence-electron chi connectivity index (χ2n) is 3.51. The number of nitrogens with zero attached hydrogens (tertiary/aromatic N) is 2. The fourth-order valence-electron chi connectivity index (χ4n) is 1.26. The van der Waals surface area contributed by atoms with E-state index in [0.717, 1.165) is 0 Å². The molecule has 0 aliphatic heterocycles. The maximum Gasteiger partial charge on any atom is 2.00 e. The minimum atomic E-state index is -0.953. The van der Waals surface area contributed by atoms with Gasteiger partial charge >= 0.3 is 16.8 Å². The van der Waals surface area contributed by atoms with Crippen LogP contribution in [0.1, 0.15) is 0 Å². The molecule has 21 heavy (non-hydrogen) atoms. The minimum absolute atomic E-state index is 0. The number of likely N-dealkylation sites (N-methyl/N-ethyl adjacent to an activating group) is 2. The number of para-hydroxylation sites is 2. The van der Waals surface area contributed by atoms with Crippen LogP contribution in [0.15, 0.2) is 24.3 Å². The fraction of sp³-hybridized carbons (Fsp3) is 0.167. The third-order valence-electron chi connectivity index (χ3n) is 2.22. The summed E-state index contributed by atoms with van der Waals surface area (Å²) in [6, 6.07) is 6.10. The van der Waals surface area contributed by atoms with Gasteiger partial charge in [0.25, 0.3) is 11.8 Å². The van der Waals surface area contributed by atoms with E-state index in [1.165, 1.54) is 26.2 Å². The topological polar surface area (TPSA) is 121 Å². The number of amides is 4. The van der Waals surface area contributed by atoms with Crippen molar-refractivity contribution in [2.45, 2.75) is 0 Å². The van der Waals surface area contributed by atoms with E-state index in [9.17, 15) is 19.2 Å². The van der Waals surface area contributed by atoms with E-state index < -0.39 is 23.6 Å². The molecule has 4 amide bonds. The van der Waals surface area contributed by atoms with Crippen molar-refractivity contribution in [1.82, 2.24) is 0 Å². The predicted octanol–water partition coefficient (Wildman–Crippen LogP) is 0.621. The average Bonchev–Trinajstić information content (AvgIpc) is 2.47. The molecule has 1 radical (unpaired) electrons. The van der Waals surface area contributed by atoms with E-state index in [1.54, 1.807) is 12.1 Å². The quantitative estimate of drug-likeness (QED) is 0.770. The molecule has 0 heterocycles. The molecule has 1 aromatic rings. The van der Waals surface area contributed by atoms with Crippen LogP contribution in [0.25, 0.3) is 10.6 Å². The maximum absolute atomic E-state index is 11.4. The van der Waals surface area contributed by atoms with Crippen LogP contribution in [0.2, 0.25) is 0 Å². The number of hydrogen-bond acceptors (Lipinski definition) is 4. The Labute approximate surface area is 131 Å². The molecule has 2 N–H and O–H groups in total. The van der Waals surface area contributed by atoms with Gasteiger partial charge in [-0.15, -0.1) is 14.1 Å². The van der Waals surface area contributed by atoms with Gasteiger partial charge in [-0.3, -0.25) is 9.59 Å². The molecule has 113 valence electrons. The van der Waals surface area contributed by atoms with Crippen LogP contribution in [0.4, 0.5) is 11.4 Å². The van der Waals surface area contributed by atoms with Crippen molar-refractivity contribution in [2.75, 3.05) is 24.7 Å². The van der Waals surface area contributed by atoms with Crippen LogP contribution in [0, 0.1) is 0 Å². The number of nitrogens with one attached hydrogen (secondary N) is 2. The summed E-state index contributed by atoms with van der Waals surface area (Å²) in [5.41, 5.74) is 0.346. The van der Waals surface area contributed by atoms with E-state index in [4.69, 9.17) is 0 Å². The van der Waals surface area contributed by atoms with Crippen molar-refractivity contribution in [3.63, 3.8) is 0 Å². The van der Waals surface area contributed by atoms with Gasteiger partial charge in [-0.2, -0.15) is 0 Å². The summed E-state index contributed by atoms with van der Waals surface area (Å²) in [6.45, 7) is 0. The fourth-order valence-corrected chi connectivity index (χ4v) is 1.26. The van der Waals surface area contributed by atoms with Gasteiger partial charge in [0.2, 0.25) is 0 Å². The average molecular weight is 335 g/mol. The molecule has 0 aromatic heterocycles. The van der Waals surface area contributed by atoms with E-state index in [1.807, 2.05) is 0 Å². The van der Waals surface area contributed by atoms with Crippen molar-refractivity contribution in [3.8, 4) is 0 Å². The standard InChI is InChI=1S/C12H14N4O4.Co/c1-13-9(17)11(19)15-7-5-3-4-6-8(7)16-12(20)10(18)14-2;/h3-6H,1-2H3,(H4,13,14,15,16,17,18,19,20);/q;+2/p-2. The van der Waals surface area contributed by atoms with E-state index in [-0.39, 0.29) is 28.2 Å². The van der Waals surface area contributed by atoms with Crippen LogP contribution in [0.5, 0.6) is 0 Å². The Morgan fingerprint density at radius 2 is 1.14 bits per heavy atom. The van der Waals surface area contributed by atoms with Gasteiger partial charge in [-0.1, -0.05) is 12.1 Å². The first-order valence-electron chi connectivity index (χ1n) is 5.49. The van der Waals surface area contributed by atoms with E-state index in [0.29, 0.717) is 0 Å². The van der Waals surface area contributed by atoms with Gasteiger partial charge in [-0.25, -0.2) is 0 Å². The Balaban J connectivity index is 0.00000400. The summed E-state index contributed by atoms with van der Waals surface area (Å²) in [7, 11) is 2.38. The number of carbonyl (C=O) groups is 4. The molecule has 0 spiro atoms. The molecule has 8 nitrogen and oxygen atoms in total. The van der Waals surface area contributed by atoms with Crippen molar-refractivity contribution in [3.05, 3.63) is 34.9 Å². The molecule has 9 heteroatoms. The Morgan fingerprint density at radius 1 is 0.810 bits per heavy atom. The zero-order valence-corrected chi connectivity index (χ0v) is 12.2. The van der Waals surface area contributed by atoms with Crippen LogP contribution >= 0.6 is 0 Å². The number of rotatable bonds is 2. The summed E-state index contributed by atoms with van der Waals surface area (Å²) in [6.07, 6.45) is 0. The summed E-state index contributed by atoms with van der Waals surface area (Å²) in [5.74, 6) is -3.79. The van der Waals surface area contributed by atoms with Gasteiger partial charge in [0.15, 0.2) is 0 Å². The third-order valence-corrected chi connectivity index (χ3v) is 2.22. The Hall–Kier alpha value is -2.39. The first kappa shape index (κ1) is 18.6. The molecule has 0 aliphatic carbocycles. The molecule has 0 saturated carbocycles. The number of hydrogen-bond donors (Lipinski definition) is 2. The molecule has 0 bridgehead atoms. The molecule has 0 saturated heterocycles. The summed E-state index contributed by atoms with van der Waals surface area (Å²) in [5, 5.41) is 11.0. The zero-order chi connectivity index (χ0) is 15.1. The van der Waals surface area contributed by atoms with Crippen molar-refractivity contribution in [2.24, 2.45) is 0 Å². The molecule has 1 rings (SSSR count). The normalized spacial score (nSPS) is 8.86. The second-order valence-corrected chi connectivity index (χ2v) is 3.51. The first-order chi connectivity index (χ1) is 9.49. The first-order valence-corrected chi connectivity index (χ1v) is 5.49. The van der Waals surface area contributed by atoms with Crippen LogP contribution in [-0.2, 0) is 36.0 Å². The number of carbonyl (C=O) groups excluding carboxylic acids is 4. The molecule has 0 aliphatic rings. The molecule has 0 atom stereocenters. The second kappa shape index (κ2) is 8.71. The van der Waals surface area contributed by atoms with Gasteiger partial charge in [0, 0.05) is 0 Å². The maximum atomic E-state index is 11.4. The van der Waals surface area contributed by atoms with Crippen molar-refractivity contribution >= 4 is 35.0 Å². The van der Waals surface area contributed by atoms with Crippen LogP contribution < -0.4 is 10.6 Å². The molecule has 0 fully saturated rings. The van der Waals surface area contributed by atoms with Gasteiger partial charge in [0.1, 0.15) is 11.8 Å². The largest absolute Gasteiger partial charge is 2.00 e. The predicted molar refractivity (Wildman–Crippen MR) is 72.3 cm³/mol. The van der Waals surface area contributed by atoms with Gasteiger partial charge < -0.3 is 30.9 Å². The number of benzene rings is 1. The molecule has 1 aromatic carbocycles. The van der Waals surface area contributed by atoms with E-state index >= 15 is 0 Å². The van der Waals surface area contributed by atoms with Crippen molar-refractivity contribution in [1.29, 1.82) is 0 Å². The smallest absolute Gasteiger partial charge is 0.648 e. The zero-order valence-electron chi connectivity index (χ0n) is 11.2.